The third kappa shape index (κ3) is 5.43. The van der Waals surface area contributed by atoms with E-state index in [1.807, 2.05) is 6.07 Å². The Morgan fingerprint density at radius 1 is 1.18 bits per heavy atom. The van der Waals surface area contributed by atoms with E-state index in [0.717, 1.165) is 0 Å². The van der Waals surface area contributed by atoms with Gasteiger partial charge in [-0.05, 0) is 19.1 Å². The summed E-state index contributed by atoms with van der Waals surface area (Å²) in [6.07, 6.45) is 0. The Kier molecular flexibility index (Phi) is 6.37. The van der Waals surface area contributed by atoms with Crippen molar-refractivity contribution in [3.8, 4) is 0 Å². The number of para-hydroxylation sites is 1. The lowest BCUT2D eigenvalue weighted by atomic mass is 10.1. The topological polar surface area (TPSA) is 98.7 Å². The van der Waals surface area contributed by atoms with Gasteiger partial charge in [-0.1, -0.05) is 25.1 Å². The number of nitrogens with zero attached hydrogens (tertiary/aromatic N) is 1. The molecule has 0 saturated carbocycles. The standard InChI is InChI=1S/C15H21N3O4/c1-10(14(20)21)9-18(3)13(19)11(2)16-15(22)17-12-7-5-4-6-8-12/h4-8,10-11H,9H2,1-3H3,(H,20,21)(H2,16,17,22). The minimum atomic E-state index is -0.970. The average Bonchev–Trinajstić information content (AvgIpc) is 2.46. The fourth-order valence-electron chi connectivity index (χ4n) is 1.86. The summed E-state index contributed by atoms with van der Waals surface area (Å²) in [6, 6.07) is 7.60. The molecule has 0 saturated heterocycles. The van der Waals surface area contributed by atoms with Crippen LogP contribution in [0.25, 0.3) is 0 Å². The molecule has 1 aromatic rings. The Balaban J connectivity index is 2.49. The summed E-state index contributed by atoms with van der Waals surface area (Å²) in [7, 11) is 1.51. The number of anilines is 1. The maximum Gasteiger partial charge on any atom is 0.319 e. The molecule has 0 aromatic heterocycles. The Hall–Kier alpha value is -2.57. The van der Waals surface area contributed by atoms with Crippen LogP contribution in [0.4, 0.5) is 10.5 Å². The molecule has 0 spiro atoms. The van der Waals surface area contributed by atoms with Crippen LogP contribution in [0.2, 0.25) is 0 Å². The molecule has 120 valence electrons. The van der Waals surface area contributed by atoms with E-state index >= 15 is 0 Å². The molecule has 7 nitrogen and oxygen atoms in total. The van der Waals surface area contributed by atoms with Gasteiger partial charge < -0.3 is 20.6 Å². The minimum absolute atomic E-state index is 0.0838. The normalized spacial score (nSPS) is 12.9. The van der Waals surface area contributed by atoms with E-state index in [2.05, 4.69) is 10.6 Å². The number of carboxylic acid groups (broad SMARTS) is 1. The van der Waals surface area contributed by atoms with Crippen molar-refractivity contribution in [1.29, 1.82) is 0 Å². The Morgan fingerprint density at radius 3 is 2.32 bits per heavy atom. The fourth-order valence-corrected chi connectivity index (χ4v) is 1.86. The van der Waals surface area contributed by atoms with Gasteiger partial charge in [0.2, 0.25) is 5.91 Å². The van der Waals surface area contributed by atoms with Gasteiger partial charge >= 0.3 is 12.0 Å². The largest absolute Gasteiger partial charge is 0.481 e. The van der Waals surface area contributed by atoms with Crippen LogP contribution in [0.5, 0.6) is 0 Å². The highest BCUT2D eigenvalue weighted by Gasteiger charge is 2.22. The molecule has 0 bridgehead atoms. The predicted molar refractivity (Wildman–Crippen MR) is 82.5 cm³/mol. The molecule has 1 aromatic carbocycles. The van der Waals surface area contributed by atoms with Gasteiger partial charge in [-0.25, -0.2) is 4.79 Å². The second-order valence-corrected chi connectivity index (χ2v) is 5.14. The molecule has 3 amide bonds. The smallest absolute Gasteiger partial charge is 0.319 e. The van der Waals surface area contributed by atoms with Crippen molar-refractivity contribution in [1.82, 2.24) is 10.2 Å². The van der Waals surface area contributed by atoms with E-state index in [1.54, 1.807) is 31.2 Å². The highest BCUT2D eigenvalue weighted by molar-refractivity contribution is 5.93. The quantitative estimate of drug-likeness (QED) is 0.739. The van der Waals surface area contributed by atoms with Gasteiger partial charge in [0.1, 0.15) is 6.04 Å². The molecular weight excluding hydrogens is 286 g/mol. The zero-order valence-corrected chi connectivity index (χ0v) is 12.9. The maximum atomic E-state index is 12.1. The second-order valence-electron chi connectivity index (χ2n) is 5.14. The Morgan fingerprint density at radius 2 is 1.77 bits per heavy atom. The van der Waals surface area contributed by atoms with Crippen LogP contribution in [0.15, 0.2) is 30.3 Å². The number of amides is 3. The zero-order chi connectivity index (χ0) is 16.7. The van der Waals surface area contributed by atoms with E-state index in [1.165, 1.54) is 18.9 Å². The van der Waals surface area contributed by atoms with Gasteiger partial charge in [-0.3, -0.25) is 9.59 Å². The summed E-state index contributed by atoms with van der Waals surface area (Å²) in [5.41, 5.74) is 0.618. The molecule has 0 aliphatic carbocycles. The molecule has 7 heteroatoms. The molecule has 0 radical (unpaired) electrons. The number of carbonyl (C=O) groups excluding carboxylic acids is 2. The lowest BCUT2D eigenvalue weighted by molar-refractivity contribution is -0.142. The van der Waals surface area contributed by atoms with Crippen molar-refractivity contribution >= 4 is 23.6 Å². The number of hydrogen-bond donors (Lipinski definition) is 3. The molecule has 1 rings (SSSR count). The van der Waals surface area contributed by atoms with Gasteiger partial charge in [0.15, 0.2) is 0 Å². The Bertz CT molecular complexity index is 533. The van der Waals surface area contributed by atoms with Crippen LogP contribution in [0.3, 0.4) is 0 Å². The summed E-state index contributed by atoms with van der Waals surface area (Å²) in [5, 5.41) is 14.0. The van der Waals surface area contributed by atoms with Crippen molar-refractivity contribution in [2.24, 2.45) is 5.92 Å². The van der Waals surface area contributed by atoms with E-state index in [4.69, 9.17) is 5.11 Å². The molecular formula is C15H21N3O4. The summed E-state index contributed by atoms with van der Waals surface area (Å²) < 4.78 is 0. The molecule has 0 fully saturated rings. The van der Waals surface area contributed by atoms with Crippen LogP contribution in [0.1, 0.15) is 13.8 Å². The monoisotopic (exact) mass is 307 g/mol. The SMILES string of the molecule is CC(CN(C)C(=O)C(C)NC(=O)Nc1ccccc1)C(=O)O. The Labute approximate surface area is 129 Å². The zero-order valence-electron chi connectivity index (χ0n) is 12.9. The summed E-state index contributed by atoms with van der Waals surface area (Å²) in [6.45, 7) is 3.15. The van der Waals surface area contributed by atoms with Gasteiger partial charge in [0.05, 0.1) is 5.92 Å². The molecule has 2 atom stereocenters. The van der Waals surface area contributed by atoms with E-state index in [-0.39, 0.29) is 12.5 Å². The lowest BCUT2D eigenvalue weighted by Gasteiger charge is -2.23. The number of hydrogen-bond acceptors (Lipinski definition) is 3. The first kappa shape index (κ1) is 17.5. The van der Waals surface area contributed by atoms with Crippen molar-refractivity contribution in [2.45, 2.75) is 19.9 Å². The highest BCUT2D eigenvalue weighted by atomic mass is 16.4. The number of carboxylic acids is 1. The molecule has 0 heterocycles. The van der Waals surface area contributed by atoms with Crippen molar-refractivity contribution in [2.75, 3.05) is 18.9 Å². The maximum absolute atomic E-state index is 12.1. The summed E-state index contributed by atoms with van der Waals surface area (Å²) >= 11 is 0. The number of rotatable bonds is 6. The van der Waals surface area contributed by atoms with Crippen molar-refractivity contribution in [3.63, 3.8) is 0 Å². The van der Waals surface area contributed by atoms with Crippen LogP contribution in [-0.4, -0.2) is 47.5 Å². The van der Waals surface area contributed by atoms with Gasteiger partial charge in [-0.2, -0.15) is 0 Å². The van der Waals surface area contributed by atoms with Crippen LogP contribution < -0.4 is 10.6 Å². The molecule has 2 unspecified atom stereocenters. The molecule has 0 aliphatic heterocycles. The summed E-state index contributed by atoms with van der Waals surface area (Å²) in [5.74, 6) is -1.99. The number of benzene rings is 1. The lowest BCUT2D eigenvalue weighted by Crippen LogP contribution is -2.48. The van der Waals surface area contributed by atoms with E-state index in [9.17, 15) is 14.4 Å². The number of nitrogens with one attached hydrogen (secondary N) is 2. The molecule has 3 N–H and O–H groups in total. The van der Waals surface area contributed by atoms with E-state index in [0.29, 0.717) is 5.69 Å². The molecule has 22 heavy (non-hydrogen) atoms. The first-order valence-electron chi connectivity index (χ1n) is 6.91. The van der Waals surface area contributed by atoms with Crippen molar-refractivity contribution in [3.05, 3.63) is 30.3 Å². The van der Waals surface area contributed by atoms with Crippen LogP contribution >= 0.6 is 0 Å². The second kappa shape index (κ2) is 8.02. The van der Waals surface area contributed by atoms with Crippen molar-refractivity contribution < 1.29 is 19.5 Å². The first-order chi connectivity index (χ1) is 10.3. The van der Waals surface area contributed by atoms with Gasteiger partial charge in [0, 0.05) is 19.3 Å². The number of aliphatic carboxylic acids is 1. The number of urea groups is 1. The van der Waals surface area contributed by atoms with E-state index < -0.39 is 24.0 Å². The number of likely N-dealkylation sites (N-methyl/N-ethyl adjacent to an activating group) is 1. The highest BCUT2D eigenvalue weighted by Crippen LogP contribution is 2.05. The van der Waals surface area contributed by atoms with Crippen LogP contribution in [0, 0.1) is 5.92 Å². The first-order valence-corrected chi connectivity index (χ1v) is 6.91. The predicted octanol–water partition coefficient (Wildman–Crippen LogP) is 1.38. The third-order valence-electron chi connectivity index (χ3n) is 3.10. The average molecular weight is 307 g/mol. The van der Waals surface area contributed by atoms with Gasteiger partial charge in [0.25, 0.3) is 0 Å². The van der Waals surface area contributed by atoms with Gasteiger partial charge in [-0.15, -0.1) is 0 Å². The minimum Gasteiger partial charge on any atom is -0.481 e. The third-order valence-corrected chi connectivity index (χ3v) is 3.10. The molecule has 0 aliphatic rings. The fraction of sp³-hybridized carbons (Fsp3) is 0.400. The number of carbonyl (C=O) groups is 3. The summed E-state index contributed by atoms with van der Waals surface area (Å²) in [4.78, 5) is 36.0. The van der Waals surface area contributed by atoms with Crippen LogP contribution in [-0.2, 0) is 9.59 Å².